The van der Waals surface area contributed by atoms with Gasteiger partial charge < -0.3 is 10.4 Å². The molecule has 62 valence electrons. The Kier molecular flexibility index (Phi) is 5.13. The molecule has 1 atom stereocenters. The summed E-state index contributed by atoms with van der Waals surface area (Å²) in [6.45, 7) is 1.78. The van der Waals surface area contributed by atoms with E-state index in [2.05, 4.69) is 5.32 Å². The van der Waals surface area contributed by atoms with Gasteiger partial charge in [0, 0.05) is 0 Å². The number of nitrogens with one attached hydrogen (secondary N) is 1. The van der Waals surface area contributed by atoms with Crippen LogP contribution in [0.25, 0.3) is 0 Å². The zero-order valence-corrected chi connectivity index (χ0v) is 6.50. The van der Waals surface area contributed by atoms with Gasteiger partial charge >= 0.3 is 0 Å². The highest BCUT2D eigenvalue weighted by Crippen LogP contribution is 1.89. The molecular weight excluding hydrogens is 144 g/mol. The number of nitrogens with zero attached hydrogens (tertiary/aromatic N) is 1. The molecule has 0 heterocycles. The van der Waals surface area contributed by atoms with E-state index in [-0.39, 0.29) is 25.0 Å². The number of hydrogen-bond donors (Lipinski definition) is 2. The molecule has 0 bridgehead atoms. The highest BCUT2D eigenvalue weighted by atomic mass is 16.3. The Morgan fingerprint density at radius 2 is 2.45 bits per heavy atom. The minimum atomic E-state index is -0.326. The van der Waals surface area contributed by atoms with E-state index >= 15 is 0 Å². The summed E-state index contributed by atoms with van der Waals surface area (Å²) >= 11 is 0. The summed E-state index contributed by atoms with van der Waals surface area (Å²) in [4.78, 5) is 10.7. The maximum atomic E-state index is 10.7. The molecule has 0 saturated heterocycles. The Labute approximate surface area is 65.8 Å². The normalized spacial score (nSPS) is 11.7. The van der Waals surface area contributed by atoms with Crippen LogP contribution in [0.5, 0.6) is 0 Å². The predicted molar refractivity (Wildman–Crippen MR) is 39.5 cm³/mol. The maximum Gasteiger partial charge on any atom is 0.234 e. The molecule has 0 fully saturated rings. The molecule has 0 aliphatic heterocycles. The van der Waals surface area contributed by atoms with Crippen LogP contribution in [0, 0.1) is 11.3 Å². The molecule has 0 aromatic rings. The van der Waals surface area contributed by atoms with Gasteiger partial charge in [0.15, 0.2) is 0 Å². The van der Waals surface area contributed by atoms with Gasteiger partial charge in [-0.15, -0.1) is 0 Å². The van der Waals surface area contributed by atoms with E-state index in [0.29, 0.717) is 6.42 Å². The zero-order valence-electron chi connectivity index (χ0n) is 6.50. The smallest absolute Gasteiger partial charge is 0.234 e. The van der Waals surface area contributed by atoms with E-state index in [4.69, 9.17) is 10.4 Å². The van der Waals surface area contributed by atoms with Crippen LogP contribution in [0.1, 0.15) is 19.8 Å². The molecule has 0 aliphatic carbocycles. The molecule has 0 unspecified atom stereocenters. The van der Waals surface area contributed by atoms with Crippen molar-refractivity contribution in [2.24, 2.45) is 0 Å². The maximum absolute atomic E-state index is 10.7. The average Bonchev–Trinajstić information content (AvgIpc) is 2.01. The summed E-state index contributed by atoms with van der Waals surface area (Å²) in [5, 5.41) is 19.3. The van der Waals surface area contributed by atoms with E-state index in [0.717, 1.165) is 0 Å². The summed E-state index contributed by atoms with van der Waals surface area (Å²) in [7, 11) is 0. The number of carbonyl (C=O) groups excluding carboxylic acids is 1. The molecule has 11 heavy (non-hydrogen) atoms. The second kappa shape index (κ2) is 5.69. The third-order valence-electron chi connectivity index (χ3n) is 1.32. The number of rotatable bonds is 4. The molecule has 0 rings (SSSR count). The Hall–Kier alpha value is -1.08. The molecule has 0 aromatic carbocycles. The minimum Gasteiger partial charge on any atom is -0.394 e. The van der Waals surface area contributed by atoms with Crippen LogP contribution >= 0.6 is 0 Å². The van der Waals surface area contributed by atoms with Crippen molar-refractivity contribution in [3.8, 4) is 6.07 Å². The topological polar surface area (TPSA) is 73.1 Å². The Morgan fingerprint density at radius 1 is 1.82 bits per heavy atom. The minimum absolute atomic E-state index is 0.0757. The molecule has 0 radical (unpaired) electrons. The van der Waals surface area contributed by atoms with Crippen molar-refractivity contribution in [1.82, 2.24) is 5.32 Å². The van der Waals surface area contributed by atoms with Crippen LogP contribution in [-0.4, -0.2) is 23.7 Å². The van der Waals surface area contributed by atoms with Crippen LogP contribution in [0.3, 0.4) is 0 Å². The van der Waals surface area contributed by atoms with Crippen molar-refractivity contribution < 1.29 is 9.90 Å². The Bertz CT molecular complexity index is 158. The van der Waals surface area contributed by atoms with E-state index in [1.165, 1.54) is 0 Å². The van der Waals surface area contributed by atoms with Gasteiger partial charge in [-0.05, 0) is 6.42 Å². The standard InChI is InChI=1S/C7H12N2O2/c1-2-6(5-10)9-7(11)3-4-8/h6,10H,2-3,5H2,1H3,(H,9,11)/t6-/m1/s1. The largest absolute Gasteiger partial charge is 0.394 e. The molecule has 0 spiro atoms. The van der Waals surface area contributed by atoms with E-state index in [1.807, 2.05) is 6.92 Å². The van der Waals surface area contributed by atoms with Gasteiger partial charge in [0.05, 0.1) is 18.7 Å². The average molecular weight is 156 g/mol. The number of hydrogen-bond acceptors (Lipinski definition) is 3. The Balaban J connectivity index is 3.64. The van der Waals surface area contributed by atoms with Crippen LogP contribution in [0.15, 0.2) is 0 Å². The Morgan fingerprint density at radius 3 is 2.82 bits per heavy atom. The van der Waals surface area contributed by atoms with Gasteiger partial charge in [-0.3, -0.25) is 4.79 Å². The third-order valence-corrected chi connectivity index (χ3v) is 1.32. The monoisotopic (exact) mass is 156 g/mol. The summed E-state index contributed by atoms with van der Waals surface area (Å²) in [6, 6.07) is 1.52. The van der Waals surface area contributed by atoms with Crippen LogP contribution in [0.4, 0.5) is 0 Å². The quantitative estimate of drug-likeness (QED) is 0.591. The second-order valence-corrected chi connectivity index (χ2v) is 2.19. The zero-order chi connectivity index (χ0) is 8.69. The molecule has 0 aliphatic rings. The molecule has 4 nitrogen and oxygen atoms in total. The summed E-state index contributed by atoms with van der Waals surface area (Å²) < 4.78 is 0. The van der Waals surface area contributed by atoms with Crippen molar-refractivity contribution in [3.05, 3.63) is 0 Å². The molecular formula is C7H12N2O2. The van der Waals surface area contributed by atoms with Gasteiger partial charge in [-0.2, -0.15) is 5.26 Å². The van der Waals surface area contributed by atoms with Crippen LogP contribution in [-0.2, 0) is 4.79 Å². The molecule has 1 amide bonds. The van der Waals surface area contributed by atoms with Crippen molar-refractivity contribution in [1.29, 1.82) is 5.26 Å². The lowest BCUT2D eigenvalue weighted by Gasteiger charge is -2.11. The second-order valence-electron chi connectivity index (χ2n) is 2.19. The van der Waals surface area contributed by atoms with Gasteiger partial charge in [0.25, 0.3) is 0 Å². The van der Waals surface area contributed by atoms with Crippen molar-refractivity contribution in [2.45, 2.75) is 25.8 Å². The van der Waals surface area contributed by atoms with Crippen molar-refractivity contribution in [3.63, 3.8) is 0 Å². The number of carbonyl (C=O) groups is 1. The first-order chi connectivity index (χ1) is 5.24. The lowest BCUT2D eigenvalue weighted by molar-refractivity contribution is -0.121. The van der Waals surface area contributed by atoms with Crippen molar-refractivity contribution in [2.75, 3.05) is 6.61 Å². The highest BCUT2D eigenvalue weighted by molar-refractivity contribution is 5.78. The van der Waals surface area contributed by atoms with Gasteiger partial charge in [-0.25, -0.2) is 0 Å². The van der Waals surface area contributed by atoms with Crippen molar-refractivity contribution >= 4 is 5.91 Å². The fourth-order valence-electron chi connectivity index (χ4n) is 0.627. The van der Waals surface area contributed by atoms with E-state index < -0.39 is 0 Å². The third kappa shape index (κ3) is 4.34. The first-order valence-corrected chi connectivity index (χ1v) is 3.51. The fourth-order valence-corrected chi connectivity index (χ4v) is 0.627. The first kappa shape index (κ1) is 9.92. The lowest BCUT2D eigenvalue weighted by Crippen LogP contribution is -2.36. The number of aliphatic hydroxyl groups excluding tert-OH is 1. The van der Waals surface area contributed by atoms with Gasteiger partial charge in [0.2, 0.25) is 5.91 Å². The predicted octanol–water partition coefficient (Wildman–Crippen LogP) is -0.213. The van der Waals surface area contributed by atoms with Crippen LogP contribution < -0.4 is 5.32 Å². The summed E-state index contributed by atoms with van der Waals surface area (Å²) in [6.07, 6.45) is 0.532. The molecule has 0 saturated carbocycles. The fraction of sp³-hybridized carbons (Fsp3) is 0.714. The number of aliphatic hydroxyl groups is 1. The van der Waals surface area contributed by atoms with Crippen LogP contribution in [0.2, 0.25) is 0 Å². The van der Waals surface area contributed by atoms with E-state index in [9.17, 15) is 4.79 Å². The SMILES string of the molecule is CC[C@H](CO)NC(=O)CC#N. The lowest BCUT2D eigenvalue weighted by atomic mass is 10.2. The summed E-state index contributed by atoms with van der Waals surface area (Å²) in [5.74, 6) is -0.326. The summed E-state index contributed by atoms with van der Waals surface area (Å²) in [5.41, 5.74) is 0. The highest BCUT2D eigenvalue weighted by Gasteiger charge is 2.07. The number of amides is 1. The van der Waals surface area contributed by atoms with E-state index in [1.54, 1.807) is 6.07 Å². The van der Waals surface area contributed by atoms with Gasteiger partial charge in [-0.1, -0.05) is 6.92 Å². The molecule has 0 aromatic heterocycles. The molecule has 4 heteroatoms. The molecule has 2 N–H and O–H groups in total. The number of nitriles is 1. The van der Waals surface area contributed by atoms with Gasteiger partial charge in [0.1, 0.15) is 6.42 Å². The first-order valence-electron chi connectivity index (χ1n) is 3.51.